The topological polar surface area (TPSA) is 77.1 Å². The molecule has 1 saturated heterocycles. The largest absolute Gasteiger partial charge is 0.481 e. The van der Waals surface area contributed by atoms with Crippen LogP contribution >= 0.6 is 0 Å². The number of carbonyl (C=O) groups excluding carboxylic acids is 2. The zero-order chi connectivity index (χ0) is 23.4. The second kappa shape index (κ2) is 10.3. The highest BCUT2D eigenvalue weighted by Gasteiger charge is 2.32. The molecule has 1 saturated carbocycles. The fraction of sp³-hybridized carbons (Fsp3) is 0.462. The van der Waals surface area contributed by atoms with E-state index >= 15 is 0 Å². The van der Waals surface area contributed by atoms with Crippen LogP contribution in [0.2, 0.25) is 0 Å². The van der Waals surface area contributed by atoms with Crippen LogP contribution < -0.4 is 15.0 Å². The maximum atomic E-state index is 13.2. The lowest BCUT2D eigenvalue weighted by Crippen LogP contribution is -2.45. The average Bonchev–Trinajstić information content (AvgIpc) is 3.62. The van der Waals surface area contributed by atoms with Gasteiger partial charge in [0.25, 0.3) is 5.91 Å². The molecule has 1 heterocycles. The number of benzene rings is 2. The molecule has 2 aromatic rings. The first kappa shape index (κ1) is 23.1. The highest BCUT2D eigenvalue weighted by molar-refractivity contribution is 6.03. The quantitative estimate of drug-likeness (QED) is 0.603. The predicted octanol–water partition coefficient (Wildman–Crippen LogP) is 4.27. The number of morpholine rings is 1. The summed E-state index contributed by atoms with van der Waals surface area (Å²) in [6, 6.07) is 14.8. The zero-order valence-corrected chi connectivity index (χ0v) is 19.5. The van der Waals surface area contributed by atoms with E-state index in [2.05, 4.69) is 10.2 Å². The van der Waals surface area contributed by atoms with Gasteiger partial charge in [0.05, 0.1) is 30.6 Å². The van der Waals surface area contributed by atoms with Gasteiger partial charge in [-0.05, 0) is 56.5 Å². The SMILES string of the molecule is COC(=O)c1cc(N2CC(C)O[C@@H](C)C2)ccc1NC(=O)[C@H](CC1CC1)Oc1ccccc1. The van der Waals surface area contributed by atoms with E-state index in [1.54, 1.807) is 12.1 Å². The summed E-state index contributed by atoms with van der Waals surface area (Å²) in [4.78, 5) is 28.0. The number of nitrogens with zero attached hydrogens (tertiary/aromatic N) is 1. The number of nitrogens with one attached hydrogen (secondary N) is 1. The molecule has 4 rings (SSSR count). The summed E-state index contributed by atoms with van der Waals surface area (Å²) in [5, 5.41) is 2.92. The third kappa shape index (κ3) is 6.05. The third-order valence-electron chi connectivity index (χ3n) is 6.01. The molecule has 2 aromatic carbocycles. The number of methoxy groups -OCH3 is 1. The molecule has 0 spiro atoms. The highest BCUT2D eigenvalue weighted by Crippen LogP contribution is 2.35. The molecule has 0 aromatic heterocycles. The average molecular weight is 453 g/mol. The summed E-state index contributed by atoms with van der Waals surface area (Å²) >= 11 is 0. The molecule has 2 aliphatic rings. The van der Waals surface area contributed by atoms with Gasteiger partial charge < -0.3 is 24.4 Å². The van der Waals surface area contributed by atoms with Gasteiger partial charge in [0, 0.05) is 18.8 Å². The lowest BCUT2D eigenvalue weighted by molar-refractivity contribution is -0.123. The number of para-hydroxylation sites is 1. The van der Waals surface area contributed by atoms with Gasteiger partial charge >= 0.3 is 5.97 Å². The number of esters is 1. The molecule has 3 atom stereocenters. The Labute approximate surface area is 195 Å². The second-order valence-corrected chi connectivity index (χ2v) is 8.97. The van der Waals surface area contributed by atoms with Crippen molar-refractivity contribution in [1.82, 2.24) is 0 Å². The summed E-state index contributed by atoms with van der Waals surface area (Å²) in [6.45, 7) is 5.52. The Kier molecular flexibility index (Phi) is 7.18. The molecular formula is C26H32N2O5. The maximum Gasteiger partial charge on any atom is 0.340 e. The van der Waals surface area contributed by atoms with Gasteiger partial charge in [0.2, 0.25) is 0 Å². The Bertz CT molecular complexity index is 966. The minimum Gasteiger partial charge on any atom is -0.481 e. The molecular weight excluding hydrogens is 420 g/mol. The van der Waals surface area contributed by atoms with E-state index in [4.69, 9.17) is 14.2 Å². The molecule has 2 fully saturated rings. The van der Waals surface area contributed by atoms with E-state index in [-0.39, 0.29) is 18.1 Å². The van der Waals surface area contributed by atoms with Crippen molar-refractivity contribution < 1.29 is 23.8 Å². The fourth-order valence-electron chi connectivity index (χ4n) is 4.25. The first-order chi connectivity index (χ1) is 15.9. The van der Waals surface area contributed by atoms with Crippen LogP contribution in [0.5, 0.6) is 5.75 Å². The van der Waals surface area contributed by atoms with Gasteiger partial charge in [-0.15, -0.1) is 0 Å². The van der Waals surface area contributed by atoms with Crippen molar-refractivity contribution in [1.29, 1.82) is 0 Å². The lowest BCUT2D eigenvalue weighted by atomic mass is 10.1. The van der Waals surface area contributed by atoms with Gasteiger partial charge in [-0.25, -0.2) is 4.79 Å². The van der Waals surface area contributed by atoms with Gasteiger partial charge in [0.1, 0.15) is 5.75 Å². The predicted molar refractivity (Wildman–Crippen MR) is 127 cm³/mol. The summed E-state index contributed by atoms with van der Waals surface area (Å²) in [6.07, 6.45) is 2.42. The first-order valence-electron chi connectivity index (χ1n) is 11.6. The van der Waals surface area contributed by atoms with Crippen LogP contribution in [0.4, 0.5) is 11.4 Å². The molecule has 1 unspecified atom stereocenters. The molecule has 1 N–H and O–H groups in total. The first-order valence-corrected chi connectivity index (χ1v) is 11.6. The van der Waals surface area contributed by atoms with Gasteiger partial charge in [-0.1, -0.05) is 31.0 Å². The number of hydrogen-bond acceptors (Lipinski definition) is 6. The number of anilines is 2. The number of carbonyl (C=O) groups is 2. The van der Waals surface area contributed by atoms with Crippen LogP contribution in [0.25, 0.3) is 0 Å². The van der Waals surface area contributed by atoms with Gasteiger partial charge in [0.15, 0.2) is 6.10 Å². The van der Waals surface area contributed by atoms with Crippen LogP contribution in [-0.2, 0) is 14.3 Å². The Morgan fingerprint density at radius 1 is 1.09 bits per heavy atom. The Balaban J connectivity index is 1.54. The smallest absolute Gasteiger partial charge is 0.340 e. The monoisotopic (exact) mass is 452 g/mol. The molecule has 1 aliphatic carbocycles. The third-order valence-corrected chi connectivity index (χ3v) is 6.01. The van der Waals surface area contributed by atoms with Crippen LogP contribution in [0.1, 0.15) is 43.5 Å². The Morgan fingerprint density at radius 3 is 2.42 bits per heavy atom. The van der Waals surface area contributed by atoms with Crippen molar-refractivity contribution in [2.75, 3.05) is 30.4 Å². The van der Waals surface area contributed by atoms with Crippen LogP contribution in [0, 0.1) is 5.92 Å². The normalized spacial score (nSPS) is 21.2. The molecule has 7 nitrogen and oxygen atoms in total. The Morgan fingerprint density at radius 2 is 1.79 bits per heavy atom. The molecule has 1 amide bonds. The van der Waals surface area contributed by atoms with Gasteiger partial charge in [-0.2, -0.15) is 0 Å². The molecule has 1 aliphatic heterocycles. The number of rotatable bonds is 8. The van der Waals surface area contributed by atoms with E-state index in [1.165, 1.54) is 7.11 Å². The minimum atomic E-state index is -0.633. The van der Waals surface area contributed by atoms with Crippen molar-refractivity contribution in [3.8, 4) is 5.75 Å². The number of ether oxygens (including phenoxy) is 3. The van der Waals surface area contributed by atoms with Crippen LogP contribution in [-0.4, -0.2) is 50.4 Å². The summed E-state index contributed by atoms with van der Waals surface area (Å²) in [7, 11) is 1.34. The molecule has 176 valence electrons. The highest BCUT2D eigenvalue weighted by atomic mass is 16.5. The zero-order valence-electron chi connectivity index (χ0n) is 19.5. The molecule has 0 radical (unpaired) electrons. The van der Waals surface area contributed by atoms with E-state index in [0.29, 0.717) is 29.3 Å². The molecule has 7 heteroatoms. The fourth-order valence-corrected chi connectivity index (χ4v) is 4.25. The van der Waals surface area contributed by atoms with Crippen molar-refractivity contribution >= 4 is 23.3 Å². The van der Waals surface area contributed by atoms with Crippen LogP contribution in [0.15, 0.2) is 48.5 Å². The second-order valence-electron chi connectivity index (χ2n) is 8.97. The minimum absolute atomic E-state index is 0.0908. The summed E-state index contributed by atoms with van der Waals surface area (Å²) in [5.74, 6) is 0.385. The number of hydrogen-bond donors (Lipinski definition) is 1. The summed E-state index contributed by atoms with van der Waals surface area (Å²) in [5.41, 5.74) is 1.63. The summed E-state index contributed by atoms with van der Waals surface area (Å²) < 4.78 is 16.8. The van der Waals surface area contributed by atoms with Crippen molar-refractivity contribution in [3.63, 3.8) is 0 Å². The van der Waals surface area contributed by atoms with E-state index in [1.807, 2.05) is 50.2 Å². The van der Waals surface area contributed by atoms with Crippen molar-refractivity contribution in [2.45, 2.75) is 51.4 Å². The van der Waals surface area contributed by atoms with Gasteiger partial charge in [-0.3, -0.25) is 4.79 Å². The maximum absolute atomic E-state index is 13.2. The van der Waals surface area contributed by atoms with Crippen LogP contribution in [0.3, 0.4) is 0 Å². The standard InChI is InChI=1S/C26H32N2O5/c1-17-15-28(16-18(2)32-17)20-11-12-23(22(14-20)26(30)31-3)27-25(29)24(13-19-9-10-19)33-21-7-5-4-6-8-21/h4-8,11-12,14,17-19,24H,9-10,13,15-16H2,1-3H3,(H,27,29)/t17-,18?,24-/m0/s1. The molecule has 33 heavy (non-hydrogen) atoms. The molecule has 0 bridgehead atoms. The lowest BCUT2D eigenvalue weighted by Gasteiger charge is -2.37. The van der Waals surface area contributed by atoms with E-state index < -0.39 is 12.1 Å². The van der Waals surface area contributed by atoms with Crippen molar-refractivity contribution in [3.05, 3.63) is 54.1 Å². The van der Waals surface area contributed by atoms with E-state index in [0.717, 1.165) is 31.6 Å². The van der Waals surface area contributed by atoms with E-state index in [9.17, 15) is 9.59 Å². The van der Waals surface area contributed by atoms with Crippen molar-refractivity contribution in [2.24, 2.45) is 5.92 Å². The number of amides is 1. The Hall–Kier alpha value is -3.06.